The molecule has 2 aromatic carbocycles. The molecule has 0 unspecified atom stereocenters. The maximum Gasteiger partial charge on any atom is 0.161 e. The zero-order valence-electron chi connectivity index (χ0n) is 16.2. The van der Waals surface area contributed by atoms with Crippen molar-refractivity contribution in [2.45, 2.75) is 25.0 Å². The molecule has 146 valence electrons. The van der Waals surface area contributed by atoms with E-state index in [2.05, 4.69) is 0 Å². The van der Waals surface area contributed by atoms with Crippen LogP contribution in [0.2, 0.25) is 0 Å². The second-order valence-electron chi connectivity index (χ2n) is 6.39. The highest BCUT2D eigenvalue weighted by molar-refractivity contribution is 5.49. The van der Waals surface area contributed by atoms with Gasteiger partial charge in [-0.25, -0.2) is 0 Å². The van der Waals surface area contributed by atoms with Crippen molar-refractivity contribution in [1.29, 1.82) is 0 Å². The summed E-state index contributed by atoms with van der Waals surface area (Å²) in [6.07, 6.45) is 0.961. The summed E-state index contributed by atoms with van der Waals surface area (Å²) in [5, 5.41) is 10.3. The molecule has 1 N–H and O–H groups in total. The van der Waals surface area contributed by atoms with Crippen molar-refractivity contribution in [1.82, 2.24) is 0 Å². The summed E-state index contributed by atoms with van der Waals surface area (Å²) in [5.74, 6) is 1.84. The molecule has 1 heterocycles. The average molecular weight is 374 g/mol. The van der Waals surface area contributed by atoms with Crippen LogP contribution in [0.1, 0.15) is 35.3 Å². The molecule has 3 rings (SSSR count). The Hall–Kier alpha value is -2.44. The van der Waals surface area contributed by atoms with E-state index in [0.29, 0.717) is 23.9 Å². The first-order valence-electron chi connectivity index (χ1n) is 8.89. The van der Waals surface area contributed by atoms with Crippen LogP contribution >= 0.6 is 0 Å². The van der Waals surface area contributed by atoms with Gasteiger partial charge in [-0.3, -0.25) is 0 Å². The van der Waals surface area contributed by atoms with Gasteiger partial charge in [0.05, 0.1) is 21.3 Å². The molecule has 6 heteroatoms. The van der Waals surface area contributed by atoms with E-state index in [1.807, 2.05) is 24.3 Å². The smallest absolute Gasteiger partial charge is 0.161 e. The Kier molecular flexibility index (Phi) is 6.08. The molecule has 0 radical (unpaired) electrons. The molecular formula is C21H26O6. The van der Waals surface area contributed by atoms with Gasteiger partial charge in [-0.15, -0.1) is 0 Å². The summed E-state index contributed by atoms with van der Waals surface area (Å²) in [6, 6.07) is 9.30. The number of phenolic OH excluding ortho intramolecular Hbond substituents is 1. The molecule has 0 saturated carbocycles. The van der Waals surface area contributed by atoms with Crippen LogP contribution in [0.3, 0.4) is 0 Å². The molecule has 0 saturated heterocycles. The lowest BCUT2D eigenvalue weighted by molar-refractivity contribution is -0.0649. The Morgan fingerprint density at radius 3 is 2.33 bits per heavy atom. The normalized spacial score (nSPS) is 19.6. The molecule has 0 aromatic heterocycles. The van der Waals surface area contributed by atoms with E-state index in [9.17, 15) is 5.11 Å². The zero-order valence-corrected chi connectivity index (χ0v) is 16.2. The summed E-state index contributed by atoms with van der Waals surface area (Å²) < 4.78 is 28.0. The topological polar surface area (TPSA) is 66.4 Å². The number of methoxy groups -OCH3 is 4. The molecule has 0 amide bonds. The van der Waals surface area contributed by atoms with Crippen molar-refractivity contribution in [3.63, 3.8) is 0 Å². The summed E-state index contributed by atoms with van der Waals surface area (Å²) in [7, 11) is 6.41. The van der Waals surface area contributed by atoms with E-state index in [1.54, 1.807) is 34.5 Å². The van der Waals surface area contributed by atoms with Gasteiger partial charge in [0, 0.05) is 13.7 Å². The largest absolute Gasteiger partial charge is 0.504 e. The minimum absolute atomic E-state index is 0.0879. The van der Waals surface area contributed by atoms with Crippen molar-refractivity contribution in [3.05, 3.63) is 47.0 Å². The highest BCUT2D eigenvalue weighted by Gasteiger charge is 2.31. The fourth-order valence-electron chi connectivity index (χ4n) is 3.55. The third-order valence-corrected chi connectivity index (χ3v) is 4.90. The fraction of sp³-hybridized carbons (Fsp3) is 0.429. The molecule has 2 atom stereocenters. The van der Waals surface area contributed by atoms with Gasteiger partial charge in [-0.2, -0.15) is 0 Å². The lowest BCUT2D eigenvalue weighted by Crippen LogP contribution is -2.21. The molecule has 2 aromatic rings. The molecule has 0 spiro atoms. The second-order valence-corrected chi connectivity index (χ2v) is 6.39. The van der Waals surface area contributed by atoms with Crippen LogP contribution in [-0.2, 0) is 15.9 Å². The number of hydrogen-bond donors (Lipinski definition) is 1. The van der Waals surface area contributed by atoms with E-state index >= 15 is 0 Å². The van der Waals surface area contributed by atoms with Crippen LogP contribution in [0, 0.1) is 0 Å². The van der Waals surface area contributed by atoms with E-state index in [-0.39, 0.29) is 18.0 Å². The number of hydrogen-bond acceptors (Lipinski definition) is 6. The number of aromatic hydroxyl groups is 1. The fourth-order valence-corrected chi connectivity index (χ4v) is 3.55. The predicted molar refractivity (Wildman–Crippen MR) is 101 cm³/mol. The van der Waals surface area contributed by atoms with Gasteiger partial charge in [-0.1, -0.05) is 6.07 Å². The molecular weight excluding hydrogens is 348 g/mol. The monoisotopic (exact) mass is 374 g/mol. The minimum atomic E-state index is -0.379. The zero-order chi connectivity index (χ0) is 19.4. The summed E-state index contributed by atoms with van der Waals surface area (Å²) in [4.78, 5) is 0. The lowest BCUT2D eigenvalue weighted by Gasteiger charge is -2.31. The van der Waals surface area contributed by atoms with E-state index < -0.39 is 0 Å². The molecule has 6 nitrogen and oxygen atoms in total. The van der Waals surface area contributed by atoms with Crippen LogP contribution in [0.4, 0.5) is 0 Å². The van der Waals surface area contributed by atoms with Crippen LogP contribution < -0.4 is 14.2 Å². The predicted octanol–water partition coefficient (Wildman–Crippen LogP) is 3.81. The molecule has 1 aliphatic heterocycles. The minimum Gasteiger partial charge on any atom is -0.504 e. The molecule has 1 aliphatic rings. The Balaban J connectivity index is 2.07. The summed E-state index contributed by atoms with van der Waals surface area (Å²) in [6.45, 7) is 0.599. The first-order chi connectivity index (χ1) is 13.1. The lowest BCUT2D eigenvalue weighted by atomic mass is 9.90. The average Bonchev–Trinajstić information content (AvgIpc) is 2.69. The number of fused-ring (bicyclic) bond motifs is 1. The quantitative estimate of drug-likeness (QED) is 0.858. The van der Waals surface area contributed by atoms with Crippen molar-refractivity contribution in [3.8, 4) is 23.0 Å². The number of ether oxygens (including phenoxy) is 5. The third kappa shape index (κ3) is 3.82. The van der Waals surface area contributed by atoms with Crippen LogP contribution in [0.15, 0.2) is 30.3 Å². The van der Waals surface area contributed by atoms with Crippen LogP contribution in [-0.4, -0.2) is 40.2 Å². The van der Waals surface area contributed by atoms with E-state index in [4.69, 9.17) is 23.7 Å². The molecule has 0 fully saturated rings. The molecule has 0 aliphatic carbocycles. The Morgan fingerprint density at radius 1 is 0.926 bits per heavy atom. The van der Waals surface area contributed by atoms with Crippen LogP contribution in [0.5, 0.6) is 23.0 Å². The Labute approximate surface area is 159 Å². The standard InChI is InChI=1S/C21H26O6/c1-23-17-8-7-14(11-19(17)25-3)20-21(26-4)15-12-16(22)18(24-2)10-13(15)6-5-9-27-20/h7-8,10-12,20-22H,5-6,9H2,1-4H3/t20-,21-/m1/s1. The van der Waals surface area contributed by atoms with Gasteiger partial charge in [0.2, 0.25) is 0 Å². The van der Waals surface area contributed by atoms with Crippen molar-refractivity contribution < 1.29 is 28.8 Å². The van der Waals surface area contributed by atoms with Crippen LogP contribution in [0.25, 0.3) is 0 Å². The third-order valence-electron chi connectivity index (χ3n) is 4.90. The van der Waals surface area contributed by atoms with E-state index in [0.717, 1.165) is 29.5 Å². The number of rotatable bonds is 5. The van der Waals surface area contributed by atoms with Crippen molar-refractivity contribution >= 4 is 0 Å². The van der Waals surface area contributed by atoms with Gasteiger partial charge in [0.1, 0.15) is 12.2 Å². The number of phenols is 1. The van der Waals surface area contributed by atoms with Crippen molar-refractivity contribution in [2.24, 2.45) is 0 Å². The maximum atomic E-state index is 10.3. The highest BCUT2D eigenvalue weighted by Crippen LogP contribution is 2.43. The molecule has 27 heavy (non-hydrogen) atoms. The molecule has 0 bridgehead atoms. The van der Waals surface area contributed by atoms with Gasteiger partial charge in [-0.05, 0) is 53.8 Å². The summed E-state index contributed by atoms with van der Waals surface area (Å²) in [5.41, 5.74) is 2.91. The van der Waals surface area contributed by atoms with Gasteiger partial charge in [0.25, 0.3) is 0 Å². The van der Waals surface area contributed by atoms with Gasteiger partial charge < -0.3 is 28.8 Å². The maximum absolute atomic E-state index is 10.3. The van der Waals surface area contributed by atoms with Gasteiger partial charge in [0.15, 0.2) is 23.0 Å². The highest BCUT2D eigenvalue weighted by atomic mass is 16.5. The Bertz CT molecular complexity index is 788. The first kappa shape index (κ1) is 19.3. The Morgan fingerprint density at radius 2 is 1.67 bits per heavy atom. The number of benzene rings is 2. The SMILES string of the molecule is COc1cc2c(cc1O)[C@@H](OC)[C@@H](c1ccc(OC)c(OC)c1)OCCC2. The van der Waals surface area contributed by atoms with Crippen molar-refractivity contribution in [2.75, 3.05) is 35.0 Å². The summed E-state index contributed by atoms with van der Waals surface area (Å²) >= 11 is 0. The van der Waals surface area contributed by atoms with E-state index in [1.165, 1.54) is 0 Å². The number of aryl methyl sites for hydroxylation is 1. The van der Waals surface area contributed by atoms with Gasteiger partial charge >= 0.3 is 0 Å². The second kappa shape index (κ2) is 8.50. The first-order valence-corrected chi connectivity index (χ1v) is 8.89.